The van der Waals surface area contributed by atoms with E-state index in [1.807, 2.05) is 24.3 Å². The highest BCUT2D eigenvalue weighted by Gasteiger charge is 2.27. The second-order valence-electron chi connectivity index (χ2n) is 4.01. The Hall–Kier alpha value is -1.16. The van der Waals surface area contributed by atoms with E-state index in [4.69, 9.17) is 0 Å². The van der Waals surface area contributed by atoms with Crippen LogP contribution in [0.3, 0.4) is 0 Å². The Morgan fingerprint density at radius 3 is 2.80 bits per heavy atom. The minimum atomic E-state index is -4.30. The molecule has 0 unspecified atom stereocenters. The highest BCUT2D eigenvalue weighted by Crippen LogP contribution is 2.17. The number of aromatic nitrogens is 3. The molecule has 2 aromatic rings. The van der Waals surface area contributed by atoms with Gasteiger partial charge >= 0.3 is 6.18 Å². The number of rotatable bonds is 5. The van der Waals surface area contributed by atoms with E-state index in [1.54, 1.807) is 0 Å². The molecule has 0 bridgehead atoms. The fourth-order valence-corrected chi connectivity index (χ4v) is 2.05. The number of benzene rings is 1. The van der Waals surface area contributed by atoms with Gasteiger partial charge in [-0.05, 0) is 34.7 Å². The van der Waals surface area contributed by atoms with Gasteiger partial charge in [0, 0.05) is 9.13 Å². The lowest BCUT2D eigenvalue weighted by atomic mass is 10.2. The molecule has 108 valence electrons. The molecule has 20 heavy (non-hydrogen) atoms. The van der Waals surface area contributed by atoms with Gasteiger partial charge in [0.05, 0.1) is 13.2 Å². The van der Waals surface area contributed by atoms with Gasteiger partial charge in [-0.3, -0.25) is 4.68 Å². The number of ether oxygens (including phenoxy) is 1. The van der Waals surface area contributed by atoms with Crippen molar-refractivity contribution in [2.24, 2.45) is 0 Å². The molecule has 0 radical (unpaired) electrons. The van der Waals surface area contributed by atoms with E-state index < -0.39 is 12.8 Å². The summed E-state index contributed by atoms with van der Waals surface area (Å²) in [6.45, 7) is -1.08. The summed E-state index contributed by atoms with van der Waals surface area (Å²) in [5.74, 6) is 0.541. The lowest BCUT2D eigenvalue weighted by molar-refractivity contribution is -0.174. The first kappa shape index (κ1) is 15.2. The smallest absolute Gasteiger partial charge is 0.370 e. The van der Waals surface area contributed by atoms with Crippen molar-refractivity contribution in [2.75, 3.05) is 13.2 Å². The molecule has 0 aliphatic carbocycles. The Bertz CT molecular complexity index is 571. The summed E-state index contributed by atoms with van der Waals surface area (Å²) in [6.07, 6.45) is -2.82. The predicted octanol–water partition coefficient (Wildman–Crippen LogP) is 3.13. The molecule has 0 atom stereocenters. The van der Waals surface area contributed by atoms with E-state index in [0.29, 0.717) is 5.82 Å². The molecule has 0 fully saturated rings. The van der Waals surface area contributed by atoms with E-state index >= 15 is 0 Å². The van der Waals surface area contributed by atoms with Gasteiger partial charge in [0.1, 0.15) is 12.9 Å². The van der Waals surface area contributed by atoms with Crippen molar-refractivity contribution < 1.29 is 17.9 Å². The maximum absolute atomic E-state index is 11.9. The van der Waals surface area contributed by atoms with Crippen LogP contribution in [0, 0.1) is 3.57 Å². The molecular formula is C12H11F3IN3O. The second-order valence-corrected chi connectivity index (χ2v) is 5.25. The van der Waals surface area contributed by atoms with Gasteiger partial charge in [-0.1, -0.05) is 12.1 Å². The number of nitrogens with zero attached hydrogens (tertiary/aromatic N) is 3. The van der Waals surface area contributed by atoms with Crippen molar-refractivity contribution in [1.29, 1.82) is 0 Å². The summed E-state index contributed by atoms with van der Waals surface area (Å²) in [5.41, 5.74) is 0.867. The van der Waals surface area contributed by atoms with Gasteiger partial charge in [0.2, 0.25) is 0 Å². The molecule has 1 aromatic carbocycles. The molecule has 1 aromatic heterocycles. The Balaban J connectivity index is 1.90. The van der Waals surface area contributed by atoms with Crippen LogP contribution >= 0.6 is 22.6 Å². The fourth-order valence-electron chi connectivity index (χ4n) is 1.51. The molecule has 0 saturated heterocycles. The van der Waals surface area contributed by atoms with Crippen LogP contribution in [0.4, 0.5) is 13.2 Å². The predicted molar refractivity (Wildman–Crippen MR) is 75.0 cm³/mol. The summed E-state index contributed by atoms with van der Waals surface area (Å²) in [6, 6.07) is 7.65. The van der Waals surface area contributed by atoms with Crippen molar-refractivity contribution in [3.8, 4) is 11.4 Å². The molecule has 0 saturated carbocycles. The highest BCUT2D eigenvalue weighted by atomic mass is 127. The first-order valence-electron chi connectivity index (χ1n) is 5.74. The Morgan fingerprint density at radius 1 is 1.30 bits per heavy atom. The van der Waals surface area contributed by atoms with Crippen molar-refractivity contribution in [3.63, 3.8) is 0 Å². The van der Waals surface area contributed by atoms with Gasteiger partial charge < -0.3 is 4.74 Å². The maximum atomic E-state index is 11.9. The van der Waals surface area contributed by atoms with E-state index in [1.165, 1.54) is 11.0 Å². The largest absolute Gasteiger partial charge is 0.411 e. The number of hydrogen-bond donors (Lipinski definition) is 0. The van der Waals surface area contributed by atoms with Crippen molar-refractivity contribution in [1.82, 2.24) is 14.8 Å². The molecule has 8 heteroatoms. The third kappa shape index (κ3) is 4.75. The van der Waals surface area contributed by atoms with Crippen LogP contribution in [0.2, 0.25) is 0 Å². The fraction of sp³-hybridized carbons (Fsp3) is 0.333. The molecule has 0 amide bonds. The van der Waals surface area contributed by atoms with Gasteiger partial charge in [-0.25, -0.2) is 4.98 Å². The topological polar surface area (TPSA) is 39.9 Å². The number of hydrogen-bond acceptors (Lipinski definition) is 3. The monoisotopic (exact) mass is 397 g/mol. The summed E-state index contributed by atoms with van der Waals surface area (Å²) >= 11 is 2.19. The molecule has 1 heterocycles. The first-order chi connectivity index (χ1) is 9.44. The van der Waals surface area contributed by atoms with Crippen molar-refractivity contribution in [3.05, 3.63) is 34.2 Å². The zero-order chi connectivity index (χ0) is 14.6. The second kappa shape index (κ2) is 6.53. The lowest BCUT2D eigenvalue weighted by Gasteiger charge is -2.06. The highest BCUT2D eigenvalue weighted by molar-refractivity contribution is 14.1. The van der Waals surface area contributed by atoms with Crippen LogP contribution in [0.1, 0.15) is 0 Å². The van der Waals surface area contributed by atoms with Crippen molar-refractivity contribution in [2.45, 2.75) is 12.7 Å². The van der Waals surface area contributed by atoms with Gasteiger partial charge in [0.15, 0.2) is 5.82 Å². The van der Waals surface area contributed by atoms with E-state index in [-0.39, 0.29) is 13.2 Å². The van der Waals surface area contributed by atoms with Crippen molar-refractivity contribution >= 4 is 22.6 Å². The summed E-state index contributed by atoms with van der Waals surface area (Å²) in [7, 11) is 0. The van der Waals surface area contributed by atoms with E-state index in [0.717, 1.165) is 9.13 Å². The zero-order valence-electron chi connectivity index (χ0n) is 10.3. The Kier molecular flexibility index (Phi) is 4.97. The average molecular weight is 397 g/mol. The van der Waals surface area contributed by atoms with Gasteiger partial charge in [-0.15, -0.1) is 0 Å². The van der Waals surface area contributed by atoms with Gasteiger partial charge in [0.25, 0.3) is 0 Å². The van der Waals surface area contributed by atoms with Crippen LogP contribution in [0.25, 0.3) is 11.4 Å². The van der Waals surface area contributed by atoms with Crippen LogP contribution in [0.5, 0.6) is 0 Å². The summed E-state index contributed by atoms with van der Waals surface area (Å²) < 4.78 is 42.7. The lowest BCUT2D eigenvalue weighted by Crippen LogP contribution is -2.19. The maximum Gasteiger partial charge on any atom is 0.411 e. The van der Waals surface area contributed by atoms with E-state index in [2.05, 4.69) is 37.4 Å². The van der Waals surface area contributed by atoms with Crippen LogP contribution < -0.4 is 0 Å². The third-order valence-corrected chi connectivity index (χ3v) is 3.02. The summed E-state index contributed by atoms with van der Waals surface area (Å²) in [5, 5.41) is 4.20. The molecule has 0 aliphatic rings. The molecular weight excluding hydrogens is 386 g/mol. The first-order valence-corrected chi connectivity index (χ1v) is 6.82. The molecule has 0 N–H and O–H groups in total. The summed E-state index contributed by atoms with van der Waals surface area (Å²) in [4.78, 5) is 4.13. The SMILES string of the molecule is FC(F)(F)COCCn1cnc(-c2cccc(I)c2)n1. The molecule has 4 nitrogen and oxygen atoms in total. The van der Waals surface area contributed by atoms with E-state index in [9.17, 15) is 13.2 Å². The average Bonchev–Trinajstić information content (AvgIpc) is 2.82. The Labute approximate surface area is 127 Å². The molecule has 0 spiro atoms. The van der Waals surface area contributed by atoms with Gasteiger partial charge in [-0.2, -0.15) is 18.3 Å². The van der Waals surface area contributed by atoms with Crippen LogP contribution in [-0.4, -0.2) is 34.2 Å². The minimum Gasteiger partial charge on any atom is -0.370 e. The number of halogens is 4. The zero-order valence-corrected chi connectivity index (χ0v) is 12.4. The van der Waals surface area contributed by atoms with Crippen LogP contribution in [0.15, 0.2) is 30.6 Å². The minimum absolute atomic E-state index is 0.0609. The quantitative estimate of drug-likeness (QED) is 0.575. The normalized spacial score (nSPS) is 11.8. The standard InChI is InChI=1S/C12H11F3IN3O/c13-12(14,15)7-20-5-4-19-8-17-11(18-19)9-2-1-3-10(16)6-9/h1-3,6,8H,4-5,7H2. The Morgan fingerprint density at radius 2 is 2.10 bits per heavy atom. The van der Waals surface area contributed by atoms with Crippen LogP contribution in [-0.2, 0) is 11.3 Å². The molecule has 2 rings (SSSR count). The number of alkyl halides is 3. The molecule has 0 aliphatic heterocycles. The third-order valence-electron chi connectivity index (χ3n) is 2.35.